The summed E-state index contributed by atoms with van der Waals surface area (Å²) in [5, 5.41) is 11.7. The Morgan fingerprint density at radius 2 is 1.95 bits per heavy atom. The molecule has 0 radical (unpaired) electrons. The van der Waals surface area contributed by atoms with Gasteiger partial charge >= 0.3 is 5.97 Å². The van der Waals surface area contributed by atoms with Crippen molar-refractivity contribution in [1.82, 2.24) is 0 Å². The van der Waals surface area contributed by atoms with Gasteiger partial charge in [0.25, 0.3) is 5.91 Å². The van der Waals surface area contributed by atoms with Gasteiger partial charge in [-0.1, -0.05) is 12.1 Å². The smallest absolute Gasteiger partial charge is 0.307 e. The van der Waals surface area contributed by atoms with Crippen molar-refractivity contribution in [2.45, 2.75) is 18.4 Å². The molecule has 21 heavy (non-hydrogen) atoms. The number of carboxylic acid groups (broad SMARTS) is 1. The van der Waals surface area contributed by atoms with Crippen molar-refractivity contribution < 1.29 is 24.2 Å². The summed E-state index contributed by atoms with van der Waals surface area (Å²) in [6.07, 6.45) is 0.118. The molecule has 3 atom stereocenters. The monoisotopic (exact) mass is 291 g/mol. The molecule has 2 aliphatic rings. The first-order valence-electron chi connectivity index (χ1n) is 6.98. The molecule has 2 fully saturated rings. The van der Waals surface area contributed by atoms with E-state index in [1.54, 1.807) is 12.1 Å². The van der Waals surface area contributed by atoms with Gasteiger partial charge in [0.15, 0.2) is 6.10 Å². The van der Waals surface area contributed by atoms with E-state index in [9.17, 15) is 9.59 Å². The van der Waals surface area contributed by atoms with Crippen LogP contribution in [-0.4, -0.2) is 42.9 Å². The Kier molecular flexibility index (Phi) is 3.90. The molecule has 1 aromatic carbocycles. The zero-order valence-electron chi connectivity index (χ0n) is 11.5. The lowest BCUT2D eigenvalue weighted by molar-refractivity contribution is -0.142. The number of anilines is 1. The van der Waals surface area contributed by atoms with Crippen LogP contribution in [0.5, 0.6) is 0 Å². The van der Waals surface area contributed by atoms with Crippen molar-refractivity contribution in [3.63, 3.8) is 0 Å². The van der Waals surface area contributed by atoms with E-state index in [2.05, 4.69) is 5.32 Å². The second-order valence-corrected chi connectivity index (χ2v) is 5.33. The lowest BCUT2D eigenvalue weighted by Gasteiger charge is -2.22. The standard InChI is InChI=1S/C15H17NO5/c17-14(13-8-20-5-6-21-13)16-10-3-1-9(2-4-10)11-7-12(11)15(18)19/h1-4,11-13H,5-8H2,(H,16,17)(H,18,19)/t11-,12+,13?/m0/s1. The molecule has 6 heteroatoms. The van der Waals surface area contributed by atoms with E-state index < -0.39 is 12.1 Å². The van der Waals surface area contributed by atoms with E-state index in [0.29, 0.717) is 25.3 Å². The summed E-state index contributed by atoms with van der Waals surface area (Å²) in [4.78, 5) is 22.8. The highest BCUT2D eigenvalue weighted by Crippen LogP contribution is 2.47. The van der Waals surface area contributed by atoms with Gasteiger partial charge < -0.3 is 19.9 Å². The van der Waals surface area contributed by atoms with E-state index in [1.165, 1.54) is 0 Å². The first kappa shape index (κ1) is 14.0. The van der Waals surface area contributed by atoms with Gasteiger partial charge in [-0.25, -0.2) is 0 Å². The number of carboxylic acids is 1. The maximum Gasteiger partial charge on any atom is 0.307 e. The SMILES string of the molecule is O=C(Nc1ccc([C@@H]2C[C@H]2C(=O)O)cc1)C1COCCO1. The lowest BCUT2D eigenvalue weighted by Crippen LogP contribution is -2.39. The number of hydrogen-bond acceptors (Lipinski definition) is 4. The molecule has 0 spiro atoms. The zero-order chi connectivity index (χ0) is 14.8. The Hall–Kier alpha value is -1.92. The zero-order valence-corrected chi connectivity index (χ0v) is 11.5. The number of rotatable bonds is 4. The number of hydrogen-bond donors (Lipinski definition) is 2. The maximum absolute atomic E-state index is 11.9. The Balaban J connectivity index is 1.57. The van der Waals surface area contributed by atoms with Crippen LogP contribution in [0.2, 0.25) is 0 Å². The highest BCUT2D eigenvalue weighted by molar-refractivity contribution is 5.94. The van der Waals surface area contributed by atoms with Gasteiger partial charge in [0.2, 0.25) is 0 Å². The molecule has 0 aromatic heterocycles. The van der Waals surface area contributed by atoms with Crippen LogP contribution in [0.1, 0.15) is 17.9 Å². The van der Waals surface area contributed by atoms with Gasteiger partial charge in [-0.15, -0.1) is 0 Å². The topological polar surface area (TPSA) is 84.9 Å². The van der Waals surface area contributed by atoms with Crippen LogP contribution in [0.3, 0.4) is 0 Å². The Labute approximate surface area is 122 Å². The Morgan fingerprint density at radius 1 is 1.19 bits per heavy atom. The fourth-order valence-corrected chi connectivity index (χ4v) is 2.51. The van der Waals surface area contributed by atoms with E-state index in [-0.39, 0.29) is 24.3 Å². The van der Waals surface area contributed by atoms with Crippen molar-refractivity contribution in [3.8, 4) is 0 Å². The largest absolute Gasteiger partial charge is 0.481 e. The van der Waals surface area contributed by atoms with Gasteiger partial charge in [-0.2, -0.15) is 0 Å². The quantitative estimate of drug-likeness (QED) is 0.871. The molecule has 1 aliphatic heterocycles. The number of ether oxygens (including phenoxy) is 2. The van der Waals surface area contributed by atoms with Crippen LogP contribution in [0.15, 0.2) is 24.3 Å². The second-order valence-electron chi connectivity index (χ2n) is 5.33. The van der Waals surface area contributed by atoms with Crippen molar-refractivity contribution in [1.29, 1.82) is 0 Å². The van der Waals surface area contributed by atoms with Gasteiger partial charge in [0, 0.05) is 5.69 Å². The summed E-state index contributed by atoms with van der Waals surface area (Å²) in [7, 11) is 0. The fraction of sp³-hybridized carbons (Fsp3) is 0.467. The van der Waals surface area contributed by atoms with Crippen molar-refractivity contribution in [2.75, 3.05) is 25.1 Å². The molecule has 1 unspecified atom stereocenters. The second kappa shape index (κ2) is 5.83. The molecule has 1 aromatic rings. The number of nitrogens with one attached hydrogen (secondary N) is 1. The van der Waals surface area contributed by atoms with Crippen LogP contribution in [-0.2, 0) is 19.1 Å². The normalized spacial score (nSPS) is 27.9. The third-order valence-electron chi connectivity index (χ3n) is 3.82. The molecule has 1 aliphatic carbocycles. The maximum atomic E-state index is 11.9. The minimum Gasteiger partial charge on any atom is -0.481 e. The summed E-state index contributed by atoms with van der Waals surface area (Å²) >= 11 is 0. The first-order chi connectivity index (χ1) is 10.1. The van der Waals surface area contributed by atoms with Crippen LogP contribution >= 0.6 is 0 Å². The predicted molar refractivity (Wildman–Crippen MR) is 74.1 cm³/mol. The number of amides is 1. The summed E-state index contributed by atoms with van der Waals surface area (Å²) in [6, 6.07) is 7.30. The minimum atomic E-state index is -0.744. The molecule has 2 N–H and O–H groups in total. The van der Waals surface area contributed by atoms with Crippen molar-refractivity contribution in [2.24, 2.45) is 5.92 Å². The first-order valence-corrected chi connectivity index (χ1v) is 6.98. The molecule has 0 bridgehead atoms. The number of carbonyl (C=O) groups is 2. The highest BCUT2D eigenvalue weighted by Gasteiger charge is 2.44. The van der Waals surface area contributed by atoms with Crippen LogP contribution < -0.4 is 5.32 Å². The summed E-state index contributed by atoms with van der Waals surface area (Å²) < 4.78 is 10.5. The van der Waals surface area contributed by atoms with E-state index in [1.807, 2.05) is 12.1 Å². The fourth-order valence-electron chi connectivity index (χ4n) is 2.51. The minimum absolute atomic E-state index is 0.0994. The number of aliphatic carboxylic acids is 1. The van der Waals surface area contributed by atoms with Gasteiger partial charge in [-0.05, 0) is 30.0 Å². The Morgan fingerprint density at radius 3 is 2.52 bits per heavy atom. The molecule has 1 heterocycles. The lowest BCUT2D eigenvalue weighted by atomic mass is 10.1. The molecule has 6 nitrogen and oxygen atoms in total. The summed E-state index contributed by atoms with van der Waals surface area (Å²) in [5.74, 6) is -1.13. The van der Waals surface area contributed by atoms with Crippen LogP contribution in [0, 0.1) is 5.92 Å². The van der Waals surface area contributed by atoms with Crippen LogP contribution in [0.4, 0.5) is 5.69 Å². The van der Waals surface area contributed by atoms with E-state index >= 15 is 0 Å². The molecule has 1 saturated carbocycles. The molecular formula is C15H17NO5. The van der Waals surface area contributed by atoms with E-state index in [4.69, 9.17) is 14.6 Å². The number of benzene rings is 1. The molecular weight excluding hydrogens is 274 g/mol. The van der Waals surface area contributed by atoms with Gasteiger partial charge in [0.05, 0.1) is 25.7 Å². The number of carbonyl (C=O) groups excluding carboxylic acids is 1. The van der Waals surface area contributed by atoms with E-state index in [0.717, 1.165) is 5.56 Å². The molecule has 112 valence electrons. The molecule has 1 amide bonds. The Bertz CT molecular complexity index is 535. The van der Waals surface area contributed by atoms with Crippen molar-refractivity contribution in [3.05, 3.63) is 29.8 Å². The molecule has 1 saturated heterocycles. The third-order valence-corrected chi connectivity index (χ3v) is 3.82. The van der Waals surface area contributed by atoms with Crippen LogP contribution in [0.25, 0.3) is 0 Å². The van der Waals surface area contributed by atoms with Gasteiger partial charge in [-0.3, -0.25) is 9.59 Å². The summed E-state index contributed by atoms with van der Waals surface area (Å²) in [6.45, 7) is 1.21. The van der Waals surface area contributed by atoms with Crippen molar-refractivity contribution >= 4 is 17.6 Å². The predicted octanol–water partition coefficient (Wildman–Crippen LogP) is 1.23. The average Bonchev–Trinajstić information content (AvgIpc) is 3.30. The highest BCUT2D eigenvalue weighted by atomic mass is 16.6. The third kappa shape index (κ3) is 3.22. The van der Waals surface area contributed by atoms with Gasteiger partial charge in [0.1, 0.15) is 0 Å². The average molecular weight is 291 g/mol. The molecule has 3 rings (SSSR count). The summed E-state index contributed by atoms with van der Waals surface area (Å²) in [5.41, 5.74) is 1.67.